The highest BCUT2D eigenvalue weighted by Crippen LogP contribution is 2.31. The number of ether oxygens (including phenoxy) is 1. The highest BCUT2D eigenvalue weighted by molar-refractivity contribution is 6.32. The van der Waals surface area contributed by atoms with E-state index in [1.807, 2.05) is 30.3 Å². The van der Waals surface area contributed by atoms with Crippen molar-refractivity contribution in [3.05, 3.63) is 41.1 Å². The van der Waals surface area contributed by atoms with Crippen LogP contribution in [0.4, 0.5) is 0 Å². The Kier molecular flexibility index (Phi) is 4.28. The van der Waals surface area contributed by atoms with Gasteiger partial charge in [0.05, 0.1) is 12.1 Å². The van der Waals surface area contributed by atoms with Gasteiger partial charge in [0.1, 0.15) is 17.3 Å². The zero-order valence-electron chi connectivity index (χ0n) is 10.3. The molecule has 0 saturated heterocycles. The van der Waals surface area contributed by atoms with E-state index in [9.17, 15) is 0 Å². The van der Waals surface area contributed by atoms with Crippen molar-refractivity contribution < 1.29 is 9.15 Å². The molecule has 2 N–H and O–H groups in total. The monoisotopic (exact) mass is 265 g/mol. The lowest BCUT2D eigenvalue weighted by atomic mass is 10.1. The van der Waals surface area contributed by atoms with Gasteiger partial charge in [-0.1, -0.05) is 11.6 Å². The molecule has 0 aliphatic carbocycles. The fourth-order valence-corrected chi connectivity index (χ4v) is 2.02. The molecule has 0 unspecified atom stereocenters. The Morgan fingerprint density at radius 3 is 2.78 bits per heavy atom. The van der Waals surface area contributed by atoms with Gasteiger partial charge in [0.2, 0.25) is 0 Å². The average Bonchev–Trinajstić information content (AvgIpc) is 2.85. The van der Waals surface area contributed by atoms with E-state index in [0.29, 0.717) is 17.3 Å². The van der Waals surface area contributed by atoms with Crippen LogP contribution in [0.1, 0.15) is 12.2 Å². The molecule has 1 aromatic carbocycles. The van der Waals surface area contributed by atoms with Crippen LogP contribution in [0, 0.1) is 0 Å². The smallest absolute Gasteiger partial charge is 0.137 e. The zero-order valence-corrected chi connectivity index (χ0v) is 11.0. The fourth-order valence-electron chi connectivity index (χ4n) is 1.76. The molecule has 1 heterocycles. The molecular formula is C14H16ClNO2. The predicted molar refractivity (Wildman–Crippen MR) is 73.1 cm³/mol. The zero-order chi connectivity index (χ0) is 13.0. The minimum atomic E-state index is 0.579. The van der Waals surface area contributed by atoms with Crippen molar-refractivity contribution in [3.63, 3.8) is 0 Å². The topological polar surface area (TPSA) is 48.4 Å². The minimum Gasteiger partial charge on any atom is -0.495 e. The summed E-state index contributed by atoms with van der Waals surface area (Å²) in [4.78, 5) is 0. The Hall–Kier alpha value is -1.45. The lowest BCUT2D eigenvalue weighted by Gasteiger charge is -2.04. The van der Waals surface area contributed by atoms with Crippen LogP contribution in [-0.2, 0) is 6.42 Å². The highest BCUT2D eigenvalue weighted by atomic mass is 35.5. The van der Waals surface area contributed by atoms with Gasteiger partial charge in [0.25, 0.3) is 0 Å². The van der Waals surface area contributed by atoms with Crippen molar-refractivity contribution in [2.75, 3.05) is 13.7 Å². The summed E-state index contributed by atoms with van der Waals surface area (Å²) in [7, 11) is 1.60. The number of benzene rings is 1. The van der Waals surface area contributed by atoms with Crippen LogP contribution in [-0.4, -0.2) is 13.7 Å². The van der Waals surface area contributed by atoms with E-state index in [0.717, 1.165) is 29.9 Å². The lowest BCUT2D eigenvalue weighted by molar-refractivity contribution is 0.415. The van der Waals surface area contributed by atoms with Crippen LogP contribution >= 0.6 is 11.6 Å². The second kappa shape index (κ2) is 5.94. The molecule has 0 aliphatic rings. The van der Waals surface area contributed by atoms with E-state index in [1.165, 1.54) is 0 Å². The van der Waals surface area contributed by atoms with Crippen molar-refractivity contribution in [3.8, 4) is 17.1 Å². The Labute approximate surface area is 111 Å². The number of rotatable bonds is 5. The van der Waals surface area contributed by atoms with Gasteiger partial charge >= 0.3 is 0 Å². The number of nitrogens with two attached hydrogens (primary N) is 1. The molecule has 0 radical (unpaired) electrons. The van der Waals surface area contributed by atoms with Crippen LogP contribution in [0.3, 0.4) is 0 Å². The van der Waals surface area contributed by atoms with E-state index >= 15 is 0 Å². The fraction of sp³-hybridized carbons (Fsp3) is 0.286. The molecule has 2 rings (SSSR count). The van der Waals surface area contributed by atoms with Crippen LogP contribution in [0.15, 0.2) is 34.7 Å². The molecule has 0 atom stereocenters. The van der Waals surface area contributed by atoms with Gasteiger partial charge in [-0.05, 0) is 43.3 Å². The molecular weight excluding hydrogens is 250 g/mol. The first-order chi connectivity index (χ1) is 8.74. The number of halogens is 1. The summed E-state index contributed by atoms with van der Waals surface area (Å²) in [5.41, 5.74) is 6.42. The standard InChI is InChI=1S/C14H16ClNO2/c1-17-14-6-4-10(9-12(14)15)13-7-5-11(18-13)3-2-8-16/h4-7,9H,2-3,8,16H2,1H3. The summed E-state index contributed by atoms with van der Waals surface area (Å²) < 4.78 is 10.9. The third-order valence-corrected chi connectivity index (χ3v) is 3.02. The van der Waals surface area contributed by atoms with Crippen molar-refractivity contribution >= 4 is 11.6 Å². The molecule has 0 saturated carbocycles. The molecule has 1 aromatic heterocycles. The van der Waals surface area contributed by atoms with Gasteiger partial charge in [-0.25, -0.2) is 0 Å². The summed E-state index contributed by atoms with van der Waals surface area (Å²) in [6.07, 6.45) is 1.79. The van der Waals surface area contributed by atoms with Gasteiger partial charge in [0, 0.05) is 12.0 Å². The van der Waals surface area contributed by atoms with Crippen molar-refractivity contribution in [2.45, 2.75) is 12.8 Å². The Morgan fingerprint density at radius 2 is 2.11 bits per heavy atom. The molecule has 18 heavy (non-hydrogen) atoms. The van der Waals surface area contributed by atoms with Gasteiger partial charge in [-0.3, -0.25) is 0 Å². The molecule has 3 nitrogen and oxygen atoms in total. The minimum absolute atomic E-state index is 0.579. The van der Waals surface area contributed by atoms with Gasteiger partial charge in [-0.15, -0.1) is 0 Å². The van der Waals surface area contributed by atoms with Gasteiger partial charge in [0.15, 0.2) is 0 Å². The Morgan fingerprint density at radius 1 is 1.28 bits per heavy atom. The third kappa shape index (κ3) is 2.86. The SMILES string of the molecule is COc1ccc(-c2ccc(CCCN)o2)cc1Cl. The first kappa shape index (κ1) is 13.0. The van der Waals surface area contributed by atoms with Gasteiger partial charge in [-0.2, -0.15) is 0 Å². The molecule has 4 heteroatoms. The number of furan rings is 1. The molecule has 0 spiro atoms. The van der Waals surface area contributed by atoms with Crippen LogP contribution < -0.4 is 10.5 Å². The molecule has 2 aromatic rings. The molecule has 0 aliphatic heterocycles. The van der Waals surface area contributed by atoms with Crippen molar-refractivity contribution in [1.29, 1.82) is 0 Å². The second-order valence-electron chi connectivity index (χ2n) is 4.01. The quantitative estimate of drug-likeness (QED) is 0.900. The second-order valence-corrected chi connectivity index (χ2v) is 4.41. The summed E-state index contributed by atoms with van der Waals surface area (Å²) >= 11 is 6.09. The van der Waals surface area contributed by atoms with Crippen LogP contribution in [0.5, 0.6) is 5.75 Å². The molecule has 0 amide bonds. The normalized spacial score (nSPS) is 10.6. The van der Waals surface area contributed by atoms with E-state index in [2.05, 4.69) is 0 Å². The van der Waals surface area contributed by atoms with E-state index in [4.69, 9.17) is 26.5 Å². The molecule has 96 valence electrons. The summed E-state index contributed by atoms with van der Waals surface area (Å²) in [6, 6.07) is 9.52. The number of hydrogen-bond acceptors (Lipinski definition) is 3. The Balaban J connectivity index is 2.20. The molecule has 0 fully saturated rings. The van der Waals surface area contributed by atoms with Crippen LogP contribution in [0.25, 0.3) is 11.3 Å². The Bertz CT molecular complexity index is 522. The maximum atomic E-state index is 6.09. The molecule has 0 bridgehead atoms. The van der Waals surface area contributed by atoms with E-state index in [1.54, 1.807) is 7.11 Å². The number of aryl methyl sites for hydroxylation is 1. The van der Waals surface area contributed by atoms with Crippen molar-refractivity contribution in [1.82, 2.24) is 0 Å². The van der Waals surface area contributed by atoms with E-state index in [-0.39, 0.29) is 0 Å². The lowest BCUT2D eigenvalue weighted by Crippen LogP contribution is -1.99. The largest absolute Gasteiger partial charge is 0.495 e. The predicted octanol–water partition coefficient (Wildman–Crippen LogP) is 3.50. The maximum Gasteiger partial charge on any atom is 0.137 e. The summed E-state index contributed by atoms with van der Waals surface area (Å²) in [6.45, 7) is 0.671. The maximum absolute atomic E-state index is 6.09. The number of hydrogen-bond donors (Lipinski definition) is 1. The first-order valence-corrected chi connectivity index (χ1v) is 6.25. The van der Waals surface area contributed by atoms with Crippen LogP contribution in [0.2, 0.25) is 5.02 Å². The summed E-state index contributed by atoms with van der Waals surface area (Å²) in [5.74, 6) is 2.42. The average molecular weight is 266 g/mol. The third-order valence-electron chi connectivity index (χ3n) is 2.73. The van der Waals surface area contributed by atoms with Crippen molar-refractivity contribution in [2.24, 2.45) is 5.73 Å². The first-order valence-electron chi connectivity index (χ1n) is 5.87. The van der Waals surface area contributed by atoms with E-state index < -0.39 is 0 Å². The van der Waals surface area contributed by atoms with Gasteiger partial charge < -0.3 is 14.9 Å². The summed E-state index contributed by atoms with van der Waals surface area (Å²) in [5, 5.41) is 0.579. The number of methoxy groups -OCH3 is 1. The highest BCUT2D eigenvalue weighted by Gasteiger charge is 2.07.